The van der Waals surface area contributed by atoms with Crippen LogP contribution in [0, 0.1) is 5.82 Å². The Morgan fingerprint density at radius 1 is 0.952 bits per heavy atom. The molecule has 2 aromatic carbocycles. The third-order valence-electron chi connectivity index (χ3n) is 4.52. The lowest BCUT2D eigenvalue weighted by molar-refractivity contribution is 0.629. The number of hydrogen-bond donors (Lipinski definition) is 0. The van der Waals surface area contributed by atoms with Gasteiger partial charge in [0.2, 0.25) is 0 Å². The lowest BCUT2D eigenvalue weighted by atomic mass is 9.95. The highest BCUT2D eigenvalue weighted by Gasteiger charge is 2.20. The molecule has 0 fully saturated rings. The Hall–Kier alpha value is -2.09. The number of aryl methyl sites for hydroxylation is 1. The molecule has 1 aliphatic rings. The zero-order valence-corrected chi connectivity index (χ0v) is 12.0. The molecule has 0 spiro atoms. The van der Waals surface area contributed by atoms with Crippen LogP contribution in [0.15, 0.2) is 48.5 Å². The smallest absolute Gasteiger partial charge is 0.123 e. The Morgan fingerprint density at radius 2 is 1.76 bits per heavy atom. The molecule has 0 aliphatic heterocycles. The van der Waals surface area contributed by atoms with Crippen LogP contribution in [-0.2, 0) is 19.4 Å². The SMILES string of the molecule is Fc1ccc2c(c1)c1c(n2Cc2ccccc2)CCCC1. The molecule has 0 N–H and O–H groups in total. The summed E-state index contributed by atoms with van der Waals surface area (Å²) in [5.41, 5.74) is 5.25. The van der Waals surface area contributed by atoms with Gasteiger partial charge in [-0.3, -0.25) is 0 Å². The standard InChI is InChI=1S/C19H18FN/c20-15-10-11-19-17(12-15)16-8-4-5-9-18(16)21(19)13-14-6-2-1-3-7-14/h1-3,6-7,10-12H,4-5,8-9,13H2. The van der Waals surface area contributed by atoms with Gasteiger partial charge in [-0.15, -0.1) is 0 Å². The fraction of sp³-hybridized carbons (Fsp3) is 0.263. The molecule has 106 valence electrons. The minimum Gasteiger partial charge on any atom is -0.340 e. The van der Waals surface area contributed by atoms with Crippen molar-refractivity contribution in [3.8, 4) is 0 Å². The van der Waals surface area contributed by atoms with Crippen molar-refractivity contribution < 1.29 is 4.39 Å². The summed E-state index contributed by atoms with van der Waals surface area (Å²) < 4.78 is 16.0. The monoisotopic (exact) mass is 279 g/mol. The van der Waals surface area contributed by atoms with E-state index in [-0.39, 0.29) is 5.82 Å². The van der Waals surface area contributed by atoms with Crippen molar-refractivity contribution in [1.29, 1.82) is 0 Å². The largest absolute Gasteiger partial charge is 0.340 e. The fourth-order valence-corrected chi connectivity index (χ4v) is 3.55. The highest BCUT2D eigenvalue weighted by atomic mass is 19.1. The molecule has 0 saturated heterocycles. The fourth-order valence-electron chi connectivity index (χ4n) is 3.55. The van der Waals surface area contributed by atoms with Gasteiger partial charge in [0.1, 0.15) is 5.82 Å². The summed E-state index contributed by atoms with van der Waals surface area (Å²) in [6.07, 6.45) is 4.64. The molecule has 1 heterocycles. The zero-order valence-electron chi connectivity index (χ0n) is 12.0. The summed E-state index contributed by atoms with van der Waals surface area (Å²) in [5.74, 6) is -0.132. The Morgan fingerprint density at radius 3 is 2.62 bits per heavy atom. The van der Waals surface area contributed by atoms with Gasteiger partial charge >= 0.3 is 0 Å². The van der Waals surface area contributed by atoms with E-state index in [0.717, 1.165) is 24.8 Å². The van der Waals surface area contributed by atoms with Crippen molar-refractivity contribution in [2.24, 2.45) is 0 Å². The van der Waals surface area contributed by atoms with E-state index in [0.29, 0.717) is 0 Å². The van der Waals surface area contributed by atoms with E-state index in [1.54, 1.807) is 12.1 Å². The van der Waals surface area contributed by atoms with E-state index >= 15 is 0 Å². The Kier molecular flexibility index (Phi) is 3.03. The van der Waals surface area contributed by atoms with Crippen molar-refractivity contribution in [1.82, 2.24) is 4.57 Å². The first-order chi connectivity index (χ1) is 10.3. The van der Waals surface area contributed by atoms with Gasteiger partial charge in [0.15, 0.2) is 0 Å². The lowest BCUT2D eigenvalue weighted by Crippen LogP contribution is -2.09. The van der Waals surface area contributed by atoms with Gasteiger partial charge in [-0.05, 0) is 55.0 Å². The molecule has 0 saturated carbocycles. The third-order valence-corrected chi connectivity index (χ3v) is 4.52. The van der Waals surface area contributed by atoms with Gasteiger partial charge < -0.3 is 4.57 Å². The van der Waals surface area contributed by atoms with Gasteiger partial charge in [-0.1, -0.05) is 30.3 Å². The van der Waals surface area contributed by atoms with E-state index in [1.807, 2.05) is 12.1 Å². The van der Waals surface area contributed by atoms with E-state index in [9.17, 15) is 4.39 Å². The van der Waals surface area contributed by atoms with Gasteiger partial charge in [-0.25, -0.2) is 4.39 Å². The summed E-state index contributed by atoms with van der Waals surface area (Å²) in [7, 11) is 0. The summed E-state index contributed by atoms with van der Waals surface area (Å²) in [6, 6.07) is 15.7. The highest BCUT2D eigenvalue weighted by molar-refractivity contribution is 5.86. The van der Waals surface area contributed by atoms with Crippen LogP contribution >= 0.6 is 0 Å². The van der Waals surface area contributed by atoms with E-state index < -0.39 is 0 Å². The van der Waals surface area contributed by atoms with Crippen molar-refractivity contribution in [3.63, 3.8) is 0 Å². The summed E-state index contributed by atoms with van der Waals surface area (Å²) in [6.45, 7) is 0.873. The van der Waals surface area contributed by atoms with Crippen LogP contribution in [-0.4, -0.2) is 4.57 Å². The first-order valence-corrected chi connectivity index (χ1v) is 7.66. The van der Waals surface area contributed by atoms with Crippen LogP contribution in [0.2, 0.25) is 0 Å². The first-order valence-electron chi connectivity index (χ1n) is 7.66. The van der Waals surface area contributed by atoms with Gasteiger partial charge in [0.05, 0.1) is 0 Å². The van der Waals surface area contributed by atoms with E-state index in [4.69, 9.17) is 0 Å². The number of nitrogens with zero attached hydrogens (tertiary/aromatic N) is 1. The van der Waals surface area contributed by atoms with Crippen LogP contribution in [0.1, 0.15) is 29.7 Å². The van der Waals surface area contributed by atoms with E-state index in [1.165, 1.54) is 35.2 Å². The molecular formula is C19H18FN. The molecule has 21 heavy (non-hydrogen) atoms. The predicted molar refractivity (Wildman–Crippen MR) is 84.1 cm³/mol. The first kappa shape index (κ1) is 12.6. The minimum atomic E-state index is -0.132. The van der Waals surface area contributed by atoms with Crippen molar-refractivity contribution in [2.45, 2.75) is 32.2 Å². The van der Waals surface area contributed by atoms with Crippen molar-refractivity contribution in [2.75, 3.05) is 0 Å². The normalized spacial score (nSPS) is 14.3. The predicted octanol–water partition coefficient (Wildman–Crippen LogP) is 4.71. The van der Waals surface area contributed by atoms with Gasteiger partial charge in [0.25, 0.3) is 0 Å². The number of fused-ring (bicyclic) bond motifs is 3. The Labute approximate surface area is 124 Å². The molecule has 0 atom stereocenters. The number of benzene rings is 2. The molecule has 1 aromatic heterocycles. The molecule has 2 heteroatoms. The average Bonchev–Trinajstić information content (AvgIpc) is 2.82. The molecule has 0 unspecified atom stereocenters. The topological polar surface area (TPSA) is 4.93 Å². The molecule has 1 nitrogen and oxygen atoms in total. The maximum Gasteiger partial charge on any atom is 0.123 e. The minimum absolute atomic E-state index is 0.132. The van der Waals surface area contributed by atoms with Crippen molar-refractivity contribution in [3.05, 3.63) is 71.2 Å². The molecular weight excluding hydrogens is 261 g/mol. The summed E-state index contributed by atoms with van der Waals surface area (Å²) in [4.78, 5) is 0. The molecule has 0 radical (unpaired) electrons. The molecule has 4 rings (SSSR count). The van der Waals surface area contributed by atoms with Gasteiger partial charge in [0, 0.05) is 23.1 Å². The van der Waals surface area contributed by atoms with Crippen LogP contribution in [0.3, 0.4) is 0 Å². The second-order valence-corrected chi connectivity index (χ2v) is 5.87. The number of aromatic nitrogens is 1. The maximum atomic E-state index is 13.6. The molecule has 1 aliphatic carbocycles. The average molecular weight is 279 g/mol. The summed E-state index contributed by atoms with van der Waals surface area (Å²) in [5, 5.41) is 1.11. The van der Waals surface area contributed by atoms with E-state index in [2.05, 4.69) is 28.8 Å². The third kappa shape index (κ3) is 2.15. The Bertz CT molecular complexity index is 786. The quantitative estimate of drug-likeness (QED) is 0.640. The summed E-state index contributed by atoms with van der Waals surface area (Å²) >= 11 is 0. The zero-order chi connectivity index (χ0) is 14.2. The Balaban J connectivity index is 1.91. The van der Waals surface area contributed by atoms with Gasteiger partial charge in [-0.2, -0.15) is 0 Å². The van der Waals surface area contributed by atoms with Crippen LogP contribution in [0.25, 0.3) is 10.9 Å². The number of halogens is 1. The molecule has 0 amide bonds. The maximum absolute atomic E-state index is 13.6. The lowest BCUT2D eigenvalue weighted by Gasteiger charge is -2.16. The number of hydrogen-bond acceptors (Lipinski definition) is 0. The number of rotatable bonds is 2. The second-order valence-electron chi connectivity index (χ2n) is 5.87. The van der Waals surface area contributed by atoms with Crippen LogP contribution in [0.4, 0.5) is 4.39 Å². The molecule has 0 bridgehead atoms. The van der Waals surface area contributed by atoms with Crippen molar-refractivity contribution >= 4 is 10.9 Å². The van der Waals surface area contributed by atoms with Crippen LogP contribution in [0.5, 0.6) is 0 Å². The molecule has 3 aromatic rings. The second kappa shape index (κ2) is 5.03. The van der Waals surface area contributed by atoms with Crippen LogP contribution < -0.4 is 0 Å². The highest BCUT2D eigenvalue weighted by Crippen LogP contribution is 2.33.